The zero-order valence-corrected chi connectivity index (χ0v) is 12.3. The molecule has 1 atom stereocenters. The van der Waals surface area contributed by atoms with E-state index in [1.54, 1.807) is 12.1 Å². The Morgan fingerprint density at radius 2 is 1.59 bits per heavy atom. The summed E-state index contributed by atoms with van der Waals surface area (Å²) in [6.45, 7) is 1.96. The number of carbonyl (C=O) groups is 1. The fraction of sp³-hybridized carbons (Fsp3) is 0.105. The topological polar surface area (TPSA) is 42.2 Å². The van der Waals surface area contributed by atoms with Crippen LogP contribution in [0.25, 0.3) is 11.1 Å². The lowest BCUT2D eigenvalue weighted by atomic mass is 10.0. The summed E-state index contributed by atoms with van der Waals surface area (Å²) < 4.78 is 5.10. The van der Waals surface area contributed by atoms with Gasteiger partial charge in [-0.2, -0.15) is 0 Å². The number of furan rings is 1. The molecule has 0 radical (unpaired) electrons. The summed E-state index contributed by atoms with van der Waals surface area (Å²) in [4.78, 5) is 12.0. The van der Waals surface area contributed by atoms with Gasteiger partial charge in [0, 0.05) is 0 Å². The first-order valence-corrected chi connectivity index (χ1v) is 7.24. The van der Waals surface area contributed by atoms with Crippen molar-refractivity contribution in [2.45, 2.75) is 13.0 Å². The number of carbonyl (C=O) groups excluding carboxylic acids is 1. The van der Waals surface area contributed by atoms with Crippen molar-refractivity contribution in [3.05, 3.63) is 84.3 Å². The highest BCUT2D eigenvalue weighted by atomic mass is 16.3. The second-order valence-electron chi connectivity index (χ2n) is 5.16. The predicted octanol–water partition coefficient (Wildman–Crippen LogP) is 4.44. The van der Waals surface area contributed by atoms with E-state index in [0.717, 1.165) is 11.1 Å². The quantitative estimate of drug-likeness (QED) is 0.772. The smallest absolute Gasteiger partial charge is 0.287 e. The van der Waals surface area contributed by atoms with E-state index in [1.807, 2.05) is 37.3 Å². The predicted molar refractivity (Wildman–Crippen MR) is 86.5 cm³/mol. The summed E-state index contributed by atoms with van der Waals surface area (Å²) in [6.07, 6.45) is 1.49. The van der Waals surface area contributed by atoms with Crippen molar-refractivity contribution >= 4 is 5.91 Å². The summed E-state index contributed by atoms with van der Waals surface area (Å²) in [5.41, 5.74) is 3.40. The first kappa shape index (κ1) is 14.1. The molecule has 0 saturated heterocycles. The molecule has 1 heterocycles. The summed E-state index contributed by atoms with van der Waals surface area (Å²) in [7, 11) is 0. The van der Waals surface area contributed by atoms with Crippen LogP contribution in [-0.2, 0) is 0 Å². The first-order chi connectivity index (χ1) is 10.7. The molecular weight excluding hydrogens is 274 g/mol. The van der Waals surface area contributed by atoms with Crippen molar-refractivity contribution in [3.8, 4) is 11.1 Å². The molecule has 3 nitrogen and oxygen atoms in total. The monoisotopic (exact) mass is 291 g/mol. The third-order valence-corrected chi connectivity index (χ3v) is 3.61. The molecule has 3 aromatic rings. The number of rotatable bonds is 4. The maximum atomic E-state index is 12.0. The fourth-order valence-corrected chi connectivity index (χ4v) is 2.35. The van der Waals surface area contributed by atoms with Gasteiger partial charge in [0.2, 0.25) is 0 Å². The van der Waals surface area contributed by atoms with Gasteiger partial charge in [-0.25, -0.2) is 0 Å². The maximum Gasteiger partial charge on any atom is 0.287 e. The van der Waals surface area contributed by atoms with Crippen LogP contribution < -0.4 is 5.32 Å². The molecule has 1 unspecified atom stereocenters. The molecule has 1 aromatic heterocycles. The first-order valence-electron chi connectivity index (χ1n) is 7.24. The zero-order chi connectivity index (χ0) is 15.4. The van der Waals surface area contributed by atoms with Crippen molar-refractivity contribution in [1.82, 2.24) is 5.32 Å². The molecular formula is C19H17NO2. The lowest BCUT2D eigenvalue weighted by Crippen LogP contribution is -2.26. The van der Waals surface area contributed by atoms with Crippen molar-refractivity contribution in [3.63, 3.8) is 0 Å². The lowest BCUT2D eigenvalue weighted by Gasteiger charge is -2.14. The van der Waals surface area contributed by atoms with Gasteiger partial charge in [0.15, 0.2) is 5.76 Å². The second-order valence-corrected chi connectivity index (χ2v) is 5.16. The third kappa shape index (κ3) is 3.09. The highest BCUT2D eigenvalue weighted by Crippen LogP contribution is 2.22. The summed E-state index contributed by atoms with van der Waals surface area (Å²) in [5.74, 6) is 0.123. The van der Waals surface area contributed by atoms with Crippen molar-refractivity contribution in [2.24, 2.45) is 0 Å². The molecule has 0 saturated carbocycles. The van der Waals surface area contributed by atoms with E-state index in [0.29, 0.717) is 5.76 Å². The molecule has 1 N–H and O–H groups in total. The van der Waals surface area contributed by atoms with Crippen LogP contribution in [0, 0.1) is 0 Å². The molecule has 0 aliphatic carbocycles. The van der Waals surface area contributed by atoms with Gasteiger partial charge in [-0.05, 0) is 35.7 Å². The maximum absolute atomic E-state index is 12.0. The van der Waals surface area contributed by atoms with Crippen LogP contribution in [-0.4, -0.2) is 5.91 Å². The van der Waals surface area contributed by atoms with Crippen molar-refractivity contribution in [1.29, 1.82) is 0 Å². The Labute approximate surface area is 129 Å². The van der Waals surface area contributed by atoms with Crippen LogP contribution >= 0.6 is 0 Å². The van der Waals surface area contributed by atoms with Gasteiger partial charge >= 0.3 is 0 Å². The molecule has 3 rings (SSSR count). The van der Waals surface area contributed by atoms with E-state index in [2.05, 4.69) is 29.6 Å². The molecule has 22 heavy (non-hydrogen) atoms. The number of hydrogen-bond acceptors (Lipinski definition) is 2. The largest absolute Gasteiger partial charge is 0.459 e. The number of benzene rings is 2. The van der Waals surface area contributed by atoms with E-state index in [1.165, 1.54) is 11.8 Å². The van der Waals surface area contributed by atoms with Gasteiger partial charge in [0.25, 0.3) is 5.91 Å². The van der Waals surface area contributed by atoms with E-state index < -0.39 is 0 Å². The van der Waals surface area contributed by atoms with Gasteiger partial charge in [0.1, 0.15) is 0 Å². The molecule has 0 aliphatic rings. The van der Waals surface area contributed by atoms with E-state index in [9.17, 15) is 4.79 Å². The second kappa shape index (κ2) is 6.31. The molecule has 0 fully saturated rings. The van der Waals surface area contributed by atoms with Gasteiger partial charge in [-0.3, -0.25) is 4.79 Å². The van der Waals surface area contributed by atoms with E-state index in [-0.39, 0.29) is 11.9 Å². The number of hydrogen-bond donors (Lipinski definition) is 1. The van der Waals surface area contributed by atoms with Crippen LogP contribution in [0.1, 0.15) is 29.1 Å². The summed E-state index contributed by atoms with van der Waals surface area (Å²) in [5, 5.41) is 2.93. The Morgan fingerprint density at radius 3 is 2.23 bits per heavy atom. The normalized spacial score (nSPS) is 11.9. The Kier molecular flexibility index (Phi) is 4.05. The molecule has 0 aliphatic heterocycles. The fourth-order valence-electron chi connectivity index (χ4n) is 2.35. The van der Waals surface area contributed by atoms with Gasteiger partial charge in [-0.15, -0.1) is 0 Å². The van der Waals surface area contributed by atoms with Crippen LogP contribution in [0.4, 0.5) is 0 Å². The van der Waals surface area contributed by atoms with E-state index >= 15 is 0 Å². The highest BCUT2D eigenvalue weighted by Gasteiger charge is 2.13. The lowest BCUT2D eigenvalue weighted by molar-refractivity contribution is 0.0912. The van der Waals surface area contributed by atoms with Gasteiger partial charge < -0.3 is 9.73 Å². The Bertz CT molecular complexity index is 731. The minimum atomic E-state index is -0.204. The minimum absolute atomic E-state index is 0.0811. The molecule has 0 bridgehead atoms. The zero-order valence-electron chi connectivity index (χ0n) is 12.3. The average Bonchev–Trinajstić information content (AvgIpc) is 3.10. The average molecular weight is 291 g/mol. The third-order valence-electron chi connectivity index (χ3n) is 3.61. The summed E-state index contributed by atoms with van der Waals surface area (Å²) >= 11 is 0. The molecule has 110 valence electrons. The molecule has 3 heteroatoms. The van der Waals surface area contributed by atoms with Crippen molar-refractivity contribution in [2.75, 3.05) is 0 Å². The standard InChI is InChI=1S/C19H17NO2/c1-14(20-19(21)18-8-5-13-22-18)15-9-11-17(12-10-15)16-6-3-2-4-7-16/h2-14H,1H3,(H,20,21). The number of amides is 1. The molecule has 2 aromatic carbocycles. The minimum Gasteiger partial charge on any atom is -0.459 e. The van der Waals surface area contributed by atoms with Gasteiger partial charge in [-0.1, -0.05) is 54.6 Å². The van der Waals surface area contributed by atoms with Crippen LogP contribution in [0.3, 0.4) is 0 Å². The van der Waals surface area contributed by atoms with E-state index in [4.69, 9.17) is 4.42 Å². The van der Waals surface area contributed by atoms with Crippen LogP contribution in [0.15, 0.2) is 77.4 Å². The van der Waals surface area contributed by atoms with Crippen molar-refractivity contribution < 1.29 is 9.21 Å². The Hall–Kier alpha value is -2.81. The number of nitrogens with one attached hydrogen (secondary N) is 1. The van der Waals surface area contributed by atoms with Gasteiger partial charge in [0.05, 0.1) is 12.3 Å². The summed E-state index contributed by atoms with van der Waals surface area (Å²) in [6, 6.07) is 21.7. The molecule has 0 spiro atoms. The Morgan fingerprint density at radius 1 is 0.909 bits per heavy atom. The Balaban J connectivity index is 1.71. The van der Waals surface area contributed by atoms with Crippen LogP contribution in [0.2, 0.25) is 0 Å². The van der Waals surface area contributed by atoms with Crippen LogP contribution in [0.5, 0.6) is 0 Å². The highest BCUT2D eigenvalue weighted by molar-refractivity contribution is 5.91. The molecule has 1 amide bonds. The SMILES string of the molecule is CC(NC(=O)c1ccco1)c1ccc(-c2ccccc2)cc1.